The minimum absolute atomic E-state index is 0. The van der Waals surface area contributed by atoms with Gasteiger partial charge >= 0.3 is 6.09 Å². The Hall–Kier alpha value is -1.52. The standard InChI is InChI=1S/C20H38N6O2.HI/c1-10-21-18(22-11-16-14(4)25-26(9)15(16)5)23-12-17(13(2)3)24-19(27)28-20(6,7)8;/h13,17H,10-12H2,1-9H3,(H,24,27)(H2,21,22,23);1H. The molecule has 1 atom stereocenters. The van der Waals surface area contributed by atoms with Crippen molar-refractivity contribution in [3.63, 3.8) is 0 Å². The largest absolute Gasteiger partial charge is 0.444 e. The summed E-state index contributed by atoms with van der Waals surface area (Å²) in [6.07, 6.45) is -0.406. The van der Waals surface area contributed by atoms with Crippen LogP contribution in [-0.2, 0) is 18.3 Å². The summed E-state index contributed by atoms with van der Waals surface area (Å²) in [5.74, 6) is 0.951. The van der Waals surface area contributed by atoms with Gasteiger partial charge in [0.05, 0.1) is 18.3 Å². The number of guanidine groups is 1. The Morgan fingerprint density at radius 1 is 1.24 bits per heavy atom. The van der Waals surface area contributed by atoms with Crippen molar-refractivity contribution in [3.05, 3.63) is 17.0 Å². The molecule has 0 radical (unpaired) electrons. The average molecular weight is 522 g/mol. The highest BCUT2D eigenvalue weighted by molar-refractivity contribution is 14.0. The lowest BCUT2D eigenvalue weighted by molar-refractivity contribution is 0.0491. The van der Waals surface area contributed by atoms with Crippen molar-refractivity contribution in [2.24, 2.45) is 18.0 Å². The number of alkyl carbamates (subject to hydrolysis) is 1. The first-order valence-corrected chi connectivity index (χ1v) is 9.95. The number of ether oxygens (including phenoxy) is 1. The van der Waals surface area contributed by atoms with E-state index in [4.69, 9.17) is 4.74 Å². The maximum Gasteiger partial charge on any atom is 0.407 e. The normalized spacial score (nSPS) is 13.0. The molecular formula is C20H39IN6O2. The van der Waals surface area contributed by atoms with Gasteiger partial charge < -0.3 is 20.7 Å². The Morgan fingerprint density at radius 2 is 1.86 bits per heavy atom. The zero-order valence-corrected chi connectivity index (χ0v) is 21.7. The smallest absolute Gasteiger partial charge is 0.407 e. The number of aryl methyl sites for hydroxylation is 2. The number of rotatable bonds is 7. The van der Waals surface area contributed by atoms with Crippen molar-refractivity contribution in [1.29, 1.82) is 0 Å². The number of aliphatic imine (C=N–C) groups is 1. The van der Waals surface area contributed by atoms with Crippen LogP contribution in [0.3, 0.4) is 0 Å². The van der Waals surface area contributed by atoms with Gasteiger partial charge in [0.25, 0.3) is 0 Å². The van der Waals surface area contributed by atoms with E-state index in [-0.39, 0.29) is 35.9 Å². The molecule has 0 saturated heterocycles. The molecule has 0 saturated carbocycles. The number of hydrogen-bond acceptors (Lipinski definition) is 4. The summed E-state index contributed by atoms with van der Waals surface area (Å²) >= 11 is 0. The van der Waals surface area contributed by atoms with Crippen LogP contribution in [0, 0.1) is 19.8 Å². The minimum atomic E-state index is -0.519. The molecule has 1 unspecified atom stereocenters. The van der Waals surface area contributed by atoms with Crippen LogP contribution in [0.4, 0.5) is 4.79 Å². The van der Waals surface area contributed by atoms with E-state index in [9.17, 15) is 4.79 Å². The Balaban J connectivity index is 0.00000784. The highest BCUT2D eigenvalue weighted by atomic mass is 127. The second kappa shape index (κ2) is 12.2. The predicted molar refractivity (Wildman–Crippen MR) is 129 cm³/mol. The number of halogens is 1. The van der Waals surface area contributed by atoms with Crippen LogP contribution >= 0.6 is 24.0 Å². The molecule has 0 aliphatic carbocycles. The van der Waals surface area contributed by atoms with E-state index >= 15 is 0 Å². The fourth-order valence-electron chi connectivity index (χ4n) is 2.67. The van der Waals surface area contributed by atoms with Crippen LogP contribution in [0.15, 0.2) is 4.99 Å². The summed E-state index contributed by atoms with van der Waals surface area (Å²) < 4.78 is 7.25. The Morgan fingerprint density at radius 3 is 2.31 bits per heavy atom. The van der Waals surface area contributed by atoms with Gasteiger partial charge in [0.1, 0.15) is 5.60 Å². The number of carbonyl (C=O) groups is 1. The number of nitrogens with one attached hydrogen (secondary N) is 3. The number of aromatic nitrogens is 2. The third-order valence-electron chi connectivity index (χ3n) is 4.39. The topological polar surface area (TPSA) is 92.6 Å². The molecule has 0 spiro atoms. The summed E-state index contributed by atoms with van der Waals surface area (Å²) in [5, 5.41) is 14.0. The fourth-order valence-corrected chi connectivity index (χ4v) is 2.67. The lowest BCUT2D eigenvalue weighted by Gasteiger charge is -2.26. The molecule has 1 rings (SSSR count). The first-order valence-electron chi connectivity index (χ1n) is 9.95. The Kier molecular flexibility index (Phi) is 11.6. The molecule has 0 aliphatic heterocycles. The highest BCUT2D eigenvalue weighted by Gasteiger charge is 2.21. The van der Waals surface area contributed by atoms with Gasteiger partial charge in [0, 0.05) is 31.4 Å². The van der Waals surface area contributed by atoms with Crippen molar-refractivity contribution in [1.82, 2.24) is 25.7 Å². The molecule has 168 valence electrons. The molecule has 29 heavy (non-hydrogen) atoms. The molecule has 0 aliphatic rings. The minimum Gasteiger partial charge on any atom is -0.444 e. The summed E-state index contributed by atoms with van der Waals surface area (Å²) in [4.78, 5) is 16.8. The van der Waals surface area contributed by atoms with E-state index in [0.29, 0.717) is 19.0 Å². The quantitative estimate of drug-likeness (QED) is 0.291. The molecule has 0 bridgehead atoms. The van der Waals surface area contributed by atoms with E-state index in [0.717, 1.165) is 23.5 Å². The average Bonchev–Trinajstić information content (AvgIpc) is 2.79. The molecule has 1 amide bonds. The maximum atomic E-state index is 12.1. The van der Waals surface area contributed by atoms with Crippen LogP contribution in [0.2, 0.25) is 0 Å². The summed E-state index contributed by atoms with van der Waals surface area (Å²) in [7, 11) is 1.94. The second-order valence-electron chi connectivity index (χ2n) is 8.35. The van der Waals surface area contributed by atoms with Gasteiger partial charge in [-0.25, -0.2) is 9.79 Å². The van der Waals surface area contributed by atoms with Crippen LogP contribution in [-0.4, -0.2) is 46.6 Å². The van der Waals surface area contributed by atoms with Crippen LogP contribution in [0.25, 0.3) is 0 Å². The van der Waals surface area contributed by atoms with Crippen molar-refractivity contribution in [2.45, 2.75) is 73.6 Å². The summed E-state index contributed by atoms with van der Waals surface area (Å²) in [6, 6.07) is -0.0828. The molecule has 0 aromatic carbocycles. The maximum absolute atomic E-state index is 12.1. The van der Waals surface area contributed by atoms with Gasteiger partial charge in [-0.1, -0.05) is 13.8 Å². The molecule has 0 fully saturated rings. The predicted octanol–water partition coefficient (Wildman–Crippen LogP) is 3.26. The molecule has 1 heterocycles. The fraction of sp³-hybridized carbons (Fsp3) is 0.750. The first kappa shape index (κ1) is 27.5. The van der Waals surface area contributed by atoms with E-state index in [1.807, 2.05) is 53.3 Å². The van der Waals surface area contributed by atoms with Crippen molar-refractivity contribution in [2.75, 3.05) is 13.1 Å². The van der Waals surface area contributed by atoms with Crippen molar-refractivity contribution < 1.29 is 9.53 Å². The molecule has 1 aromatic heterocycles. The number of amides is 1. The molecule has 8 nitrogen and oxygen atoms in total. The molecule has 1 aromatic rings. The van der Waals surface area contributed by atoms with Gasteiger partial charge in [0.15, 0.2) is 5.96 Å². The SMILES string of the molecule is CCNC(=NCc1c(C)nn(C)c1C)NCC(NC(=O)OC(C)(C)C)C(C)C.I. The Bertz CT molecular complexity index is 679. The van der Waals surface area contributed by atoms with E-state index in [1.54, 1.807) is 0 Å². The van der Waals surface area contributed by atoms with Gasteiger partial charge in [-0.2, -0.15) is 5.10 Å². The summed E-state index contributed by atoms with van der Waals surface area (Å²) in [5.41, 5.74) is 2.72. The van der Waals surface area contributed by atoms with Crippen molar-refractivity contribution in [3.8, 4) is 0 Å². The van der Waals surface area contributed by atoms with Crippen LogP contribution < -0.4 is 16.0 Å². The van der Waals surface area contributed by atoms with E-state index in [2.05, 4.69) is 39.9 Å². The van der Waals surface area contributed by atoms with Gasteiger partial charge in [-0.05, 0) is 47.5 Å². The number of nitrogens with zero attached hydrogens (tertiary/aromatic N) is 3. The van der Waals surface area contributed by atoms with E-state index < -0.39 is 11.7 Å². The van der Waals surface area contributed by atoms with Crippen molar-refractivity contribution >= 4 is 36.0 Å². The zero-order chi connectivity index (χ0) is 21.5. The van der Waals surface area contributed by atoms with Gasteiger partial charge in [-0.3, -0.25) is 4.68 Å². The molecule has 3 N–H and O–H groups in total. The lowest BCUT2D eigenvalue weighted by Crippen LogP contribution is -2.50. The molecular weight excluding hydrogens is 483 g/mol. The van der Waals surface area contributed by atoms with Gasteiger partial charge in [0.2, 0.25) is 0 Å². The zero-order valence-electron chi connectivity index (χ0n) is 19.3. The van der Waals surface area contributed by atoms with Crippen LogP contribution in [0.5, 0.6) is 0 Å². The molecule has 9 heteroatoms. The number of hydrogen-bond donors (Lipinski definition) is 3. The third kappa shape index (κ3) is 9.68. The monoisotopic (exact) mass is 522 g/mol. The number of carbonyl (C=O) groups excluding carboxylic acids is 1. The first-order chi connectivity index (χ1) is 12.9. The highest BCUT2D eigenvalue weighted by Crippen LogP contribution is 2.13. The van der Waals surface area contributed by atoms with Gasteiger partial charge in [-0.15, -0.1) is 24.0 Å². The second-order valence-corrected chi connectivity index (χ2v) is 8.35. The van der Waals surface area contributed by atoms with E-state index in [1.165, 1.54) is 0 Å². The third-order valence-corrected chi connectivity index (χ3v) is 4.39. The van der Waals surface area contributed by atoms with Crippen LogP contribution in [0.1, 0.15) is 58.5 Å². The lowest BCUT2D eigenvalue weighted by atomic mass is 10.0. The summed E-state index contributed by atoms with van der Waals surface area (Å²) in [6.45, 7) is 17.6. The Labute approximate surface area is 192 Å².